The van der Waals surface area contributed by atoms with Crippen LogP contribution in [0.15, 0.2) is 29.2 Å². The monoisotopic (exact) mass is 312 g/mol. The summed E-state index contributed by atoms with van der Waals surface area (Å²) in [5.41, 5.74) is 0.427. The maximum atomic E-state index is 12.1. The largest absolute Gasteiger partial charge is 0.378 e. The van der Waals surface area contributed by atoms with Crippen LogP contribution in [0.5, 0.6) is 0 Å². The molecule has 1 aromatic rings. The number of benzene rings is 1. The number of hydrogen-bond acceptors (Lipinski definition) is 4. The molecule has 0 bridgehead atoms. The van der Waals surface area contributed by atoms with E-state index in [0.29, 0.717) is 18.5 Å². The van der Waals surface area contributed by atoms with Crippen molar-refractivity contribution >= 4 is 15.9 Å². The molecule has 2 rings (SSSR count). The first-order valence-electron chi connectivity index (χ1n) is 6.96. The second-order valence-corrected chi connectivity index (χ2v) is 6.69. The van der Waals surface area contributed by atoms with Crippen molar-refractivity contribution in [2.75, 3.05) is 20.2 Å². The van der Waals surface area contributed by atoms with Crippen molar-refractivity contribution in [3.05, 3.63) is 29.8 Å². The fraction of sp³-hybridized carbons (Fsp3) is 0.500. The van der Waals surface area contributed by atoms with Gasteiger partial charge >= 0.3 is 0 Å². The Bertz CT molecular complexity index is 577. The number of rotatable bonds is 6. The van der Waals surface area contributed by atoms with Crippen LogP contribution in [0.3, 0.4) is 0 Å². The molecule has 0 spiro atoms. The molecule has 1 amide bonds. The molecular formula is C14H20N2O4S. The summed E-state index contributed by atoms with van der Waals surface area (Å²) < 4.78 is 32.2. The van der Waals surface area contributed by atoms with E-state index in [-0.39, 0.29) is 16.9 Å². The van der Waals surface area contributed by atoms with Crippen LogP contribution < -0.4 is 10.0 Å². The zero-order valence-electron chi connectivity index (χ0n) is 12.0. The van der Waals surface area contributed by atoms with E-state index in [1.165, 1.54) is 31.3 Å². The molecule has 1 fully saturated rings. The van der Waals surface area contributed by atoms with E-state index in [1.54, 1.807) is 0 Å². The van der Waals surface area contributed by atoms with Gasteiger partial charge in [0, 0.05) is 25.8 Å². The maximum Gasteiger partial charge on any atom is 0.251 e. The van der Waals surface area contributed by atoms with Crippen LogP contribution in [0.1, 0.15) is 29.6 Å². The normalized spacial score (nSPS) is 18.6. The van der Waals surface area contributed by atoms with Crippen LogP contribution in [-0.2, 0) is 14.8 Å². The van der Waals surface area contributed by atoms with Gasteiger partial charge in [-0.15, -0.1) is 0 Å². The molecule has 1 atom stereocenters. The zero-order valence-corrected chi connectivity index (χ0v) is 12.8. The third kappa shape index (κ3) is 4.26. The first-order valence-corrected chi connectivity index (χ1v) is 8.44. The molecule has 1 aliphatic heterocycles. The molecule has 6 nitrogen and oxygen atoms in total. The summed E-state index contributed by atoms with van der Waals surface area (Å²) in [4.78, 5) is 11.6. The van der Waals surface area contributed by atoms with Gasteiger partial charge < -0.3 is 10.1 Å². The molecule has 0 unspecified atom stereocenters. The van der Waals surface area contributed by atoms with Gasteiger partial charge in [-0.2, -0.15) is 0 Å². The Kier molecular flexibility index (Phi) is 5.33. The lowest BCUT2D eigenvalue weighted by Crippen LogP contribution is -2.27. The SMILES string of the molecule is CNC(=O)c1ccc(S(=O)(=O)NCC[C@@H]2CCCO2)cc1. The van der Waals surface area contributed by atoms with Crippen molar-refractivity contribution < 1.29 is 17.9 Å². The molecule has 116 valence electrons. The Labute approximate surface area is 124 Å². The van der Waals surface area contributed by atoms with Gasteiger partial charge in [0.15, 0.2) is 0 Å². The Balaban J connectivity index is 1.93. The summed E-state index contributed by atoms with van der Waals surface area (Å²) in [5, 5.41) is 2.49. The van der Waals surface area contributed by atoms with Crippen molar-refractivity contribution in [3.63, 3.8) is 0 Å². The predicted octanol–water partition coefficient (Wildman–Crippen LogP) is 0.894. The van der Waals surface area contributed by atoms with Crippen molar-refractivity contribution in [2.45, 2.75) is 30.3 Å². The molecule has 0 radical (unpaired) electrons. The molecule has 1 heterocycles. The molecule has 1 aliphatic rings. The smallest absolute Gasteiger partial charge is 0.251 e. The summed E-state index contributed by atoms with van der Waals surface area (Å²) in [5.74, 6) is -0.245. The van der Waals surface area contributed by atoms with Gasteiger partial charge in [0.2, 0.25) is 10.0 Å². The highest BCUT2D eigenvalue weighted by molar-refractivity contribution is 7.89. The molecule has 21 heavy (non-hydrogen) atoms. The molecule has 7 heteroatoms. The predicted molar refractivity (Wildman–Crippen MR) is 78.6 cm³/mol. The van der Waals surface area contributed by atoms with Crippen molar-refractivity contribution in [2.24, 2.45) is 0 Å². The average Bonchev–Trinajstić information content (AvgIpc) is 2.99. The number of ether oxygens (including phenoxy) is 1. The van der Waals surface area contributed by atoms with Gasteiger partial charge in [-0.05, 0) is 43.5 Å². The molecule has 2 N–H and O–H groups in total. The highest BCUT2D eigenvalue weighted by Crippen LogP contribution is 2.15. The first-order chi connectivity index (χ1) is 10.0. The van der Waals surface area contributed by atoms with Gasteiger partial charge in [-0.25, -0.2) is 13.1 Å². The minimum Gasteiger partial charge on any atom is -0.378 e. The van der Waals surface area contributed by atoms with Crippen LogP contribution >= 0.6 is 0 Å². The minimum absolute atomic E-state index is 0.155. The maximum absolute atomic E-state index is 12.1. The topological polar surface area (TPSA) is 84.5 Å². The zero-order chi connectivity index (χ0) is 15.3. The third-order valence-electron chi connectivity index (χ3n) is 3.44. The standard InChI is InChI=1S/C14H20N2O4S/c1-15-14(17)11-4-6-13(7-5-11)21(18,19)16-9-8-12-3-2-10-20-12/h4-7,12,16H,2-3,8-10H2,1H3,(H,15,17)/t12-/m0/s1. The first kappa shape index (κ1) is 15.9. The lowest BCUT2D eigenvalue weighted by molar-refractivity contribution is 0.0963. The number of hydrogen-bond donors (Lipinski definition) is 2. The van der Waals surface area contributed by atoms with E-state index in [9.17, 15) is 13.2 Å². The summed E-state index contributed by atoms with van der Waals surface area (Å²) in [6, 6.07) is 5.85. The molecule has 0 aromatic heterocycles. The molecule has 0 aliphatic carbocycles. The third-order valence-corrected chi connectivity index (χ3v) is 4.91. The fourth-order valence-corrected chi connectivity index (χ4v) is 3.29. The number of carbonyl (C=O) groups is 1. The van der Waals surface area contributed by atoms with Gasteiger partial charge in [-0.1, -0.05) is 0 Å². The number of nitrogens with one attached hydrogen (secondary N) is 2. The highest BCUT2D eigenvalue weighted by Gasteiger charge is 2.18. The minimum atomic E-state index is -3.54. The lowest BCUT2D eigenvalue weighted by Gasteiger charge is -2.11. The van der Waals surface area contributed by atoms with Gasteiger partial charge in [0.1, 0.15) is 0 Å². The highest BCUT2D eigenvalue weighted by atomic mass is 32.2. The van der Waals surface area contributed by atoms with E-state index < -0.39 is 10.0 Å². The summed E-state index contributed by atoms with van der Waals surface area (Å²) in [6.45, 7) is 1.11. The van der Waals surface area contributed by atoms with Crippen LogP contribution in [-0.4, -0.2) is 40.6 Å². The summed E-state index contributed by atoms with van der Waals surface area (Å²) >= 11 is 0. The van der Waals surface area contributed by atoms with Crippen LogP contribution in [0.4, 0.5) is 0 Å². The Morgan fingerprint density at radius 2 is 2.05 bits per heavy atom. The summed E-state index contributed by atoms with van der Waals surface area (Å²) in [6.07, 6.45) is 2.86. The second kappa shape index (κ2) is 7.02. The van der Waals surface area contributed by atoms with Crippen LogP contribution in [0.25, 0.3) is 0 Å². The summed E-state index contributed by atoms with van der Waals surface area (Å²) in [7, 11) is -2.01. The van der Waals surface area contributed by atoms with Crippen molar-refractivity contribution in [3.8, 4) is 0 Å². The second-order valence-electron chi connectivity index (χ2n) is 4.92. The van der Waals surface area contributed by atoms with E-state index in [4.69, 9.17) is 4.74 Å². The van der Waals surface area contributed by atoms with E-state index in [2.05, 4.69) is 10.0 Å². The Morgan fingerprint density at radius 3 is 2.62 bits per heavy atom. The average molecular weight is 312 g/mol. The molecule has 1 aromatic carbocycles. The van der Waals surface area contributed by atoms with Crippen LogP contribution in [0.2, 0.25) is 0 Å². The Morgan fingerprint density at radius 1 is 1.33 bits per heavy atom. The van der Waals surface area contributed by atoms with Gasteiger partial charge in [0.25, 0.3) is 5.91 Å². The fourth-order valence-electron chi connectivity index (χ4n) is 2.24. The van der Waals surface area contributed by atoms with Crippen LogP contribution in [0, 0.1) is 0 Å². The van der Waals surface area contributed by atoms with E-state index >= 15 is 0 Å². The van der Waals surface area contributed by atoms with E-state index in [0.717, 1.165) is 19.4 Å². The number of carbonyl (C=O) groups excluding carboxylic acids is 1. The molecule has 1 saturated heterocycles. The molecule has 0 saturated carbocycles. The lowest BCUT2D eigenvalue weighted by atomic mass is 10.2. The number of amides is 1. The van der Waals surface area contributed by atoms with Gasteiger partial charge in [-0.3, -0.25) is 4.79 Å². The number of sulfonamides is 1. The molecular weight excluding hydrogens is 292 g/mol. The van der Waals surface area contributed by atoms with Gasteiger partial charge in [0.05, 0.1) is 11.0 Å². The van der Waals surface area contributed by atoms with E-state index in [1.807, 2.05) is 0 Å². The van der Waals surface area contributed by atoms with Crippen molar-refractivity contribution in [1.82, 2.24) is 10.0 Å². The van der Waals surface area contributed by atoms with Crippen molar-refractivity contribution in [1.29, 1.82) is 0 Å². The Hall–Kier alpha value is -1.44. The quantitative estimate of drug-likeness (QED) is 0.817.